The Labute approximate surface area is 104 Å². The highest BCUT2D eigenvalue weighted by molar-refractivity contribution is 5.69. The zero-order chi connectivity index (χ0) is 12.4. The summed E-state index contributed by atoms with van der Waals surface area (Å²) in [5.74, 6) is 0.763. The van der Waals surface area contributed by atoms with Crippen LogP contribution in [0.2, 0.25) is 0 Å². The number of hydrogen-bond donors (Lipinski definition) is 1. The van der Waals surface area contributed by atoms with Crippen molar-refractivity contribution in [2.24, 2.45) is 0 Å². The predicted molar refractivity (Wildman–Crippen MR) is 66.8 cm³/mol. The molecule has 2 heterocycles. The fourth-order valence-electron chi connectivity index (χ4n) is 1.77. The van der Waals surface area contributed by atoms with E-state index in [9.17, 15) is 5.11 Å². The van der Waals surface area contributed by atoms with Crippen LogP contribution in [0.1, 0.15) is 0 Å². The van der Waals surface area contributed by atoms with Crippen LogP contribution in [0.15, 0.2) is 59.6 Å². The van der Waals surface area contributed by atoms with Gasteiger partial charge >= 0.3 is 0 Å². The highest BCUT2D eigenvalue weighted by Gasteiger charge is 2.05. The van der Waals surface area contributed by atoms with Gasteiger partial charge in [-0.2, -0.15) is 0 Å². The Morgan fingerprint density at radius 3 is 2.67 bits per heavy atom. The maximum absolute atomic E-state index is 9.48. The van der Waals surface area contributed by atoms with E-state index < -0.39 is 0 Å². The lowest BCUT2D eigenvalue weighted by Crippen LogP contribution is -1.84. The van der Waals surface area contributed by atoms with Gasteiger partial charge < -0.3 is 9.52 Å². The molecule has 0 saturated heterocycles. The first-order valence-corrected chi connectivity index (χ1v) is 5.47. The average molecular weight is 238 g/mol. The molecule has 0 atom stereocenters. The summed E-state index contributed by atoms with van der Waals surface area (Å²) in [5, 5.41) is 9.48. The first-order chi connectivity index (χ1) is 8.83. The molecule has 0 amide bonds. The SMILES string of the molecule is Oc1cccc(-c2cncc(-c3ncco3)c2)c1. The van der Waals surface area contributed by atoms with Gasteiger partial charge in [-0.05, 0) is 23.8 Å². The molecule has 0 aliphatic heterocycles. The number of rotatable bonds is 2. The van der Waals surface area contributed by atoms with Crippen molar-refractivity contribution in [3.05, 3.63) is 55.2 Å². The molecule has 88 valence electrons. The van der Waals surface area contributed by atoms with Gasteiger partial charge in [-0.1, -0.05) is 12.1 Å². The average Bonchev–Trinajstić information content (AvgIpc) is 2.93. The summed E-state index contributed by atoms with van der Waals surface area (Å²) in [6, 6.07) is 8.96. The molecule has 0 saturated carbocycles. The summed E-state index contributed by atoms with van der Waals surface area (Å²) in [7, 11) is 0. The van der Waals surface area contributed by atoms with E-state index in [1.807, 2.05) is 12.1 Å². The van der Waals surface area contributed by atoms with Crippen LogP contribution in [-0.2, 0) is 0 Å². The minimum atomic E-state index is 0.231. The van der Waals surface area contributed by atoms with Gasteiger partial charge in [-0.15, -0.1) is 0 Å². The standard InChI is InChI=1S/C14H10N2O2/c17-13-3-1-2-10(7-13)11-6-12(9-15-8-11)14-16-4-5-18-14/h1-9,17H. The van der Waals surface area contributed by atoms with Gasteiger partial charge in [-0.3, -0.25) is 4.98 Å². The van der Waals surface area contributed by atoms with Crippen LogP contribution >= 0.6 is 0 Å². The molecule has 0 unspecified atom stereocenters. The van der Waals surface area contributed by atoms with Crippen molar-refractivity contribution in [2.75, 3.05) is 0 Å². The smallest absolute Gasteiger partial charge is 0.227 e. The molecular weight excluding hydrogens is 228 g/mol. The number of oxazole rings is 1. The summed E-state index contributed by atoms with van der Waals surface area (Å²) < 4.78 is 5.23. The molecule has 0 aliphatic carbocycles. The summed E-state index contributed by atoms with van der Waals surface area (Å²) in [5.41, 5.74) is 2.61. The summed E-state index contributed by atoms with van der Waals surface area (Å²) >= 11 is 0. The van der Waals surface area contributed by atoms with Crippen LogP contribution in [0.25, 0.3) is 22.6 Å². The number of aromatic hydroxyl groups is 1. The topological polar surface area (TPSA) is 59.2 Å². The van der Waals surface area contributed by atoms with E-state index >= 15 is 0 Å². The second-order valence-corrected chi connectivity index (χ2v) is 3.85. The molecule has 0 aliphatic rings. The highest BCUT2D eigenvalue weighted by Crippen LogP contribution is 2.26. The fourth-order valence-corrected chi connectivity index (χ4v) is 1.77. The molecular formula is C14H10N2O2. The lowest BCUT2D eigenvalue weighted by molar-refractivity contribution is 0.475. The Morgan fingerprint density at radius 1 is 1.00 bits per heavy atom. The third-order valence-electron chi connectivity index (χ3n) is 2.60. The van der Waals surface area contributed by atoms with E-state index in [0.717, 1.165) is 16.7 Å². The first kappa shape index (κ1) is 10.5. The number of phenols is 1. The van der Waals surface area contributed by atoms with Crippen LogP contribution in [0.3, 0.4) is 0 Å². The van der Waals surface area contributed by atoms with Crippen molar-refractivity contribution in [2.45, 2.75) is 0 Å². The van der Waals surface area contributed by atoms with Crippen LogP contribution in [0.4, 0.5) is 0 Å². The lowest BCUT2D eigenvalue weighted by atomic mass is 10.1. The highest BCUT2D eigenvalue weighted by atomic mass is 16.3. The second kappa shape index (κ2) is 4.33. The largest absolute Gasteiger partial charge is 0.508 e. The van der Waals surface area contributed by atoms with E-state index in [-0.39, 0.29) is 5.75 Å². The molecule has 0 spiro atoms. The summed E-state index contributed by atoms with van der Waals surface area (Å²) in [6.45, 7) is 0. The van der Waals surface area contributed by atoms with E-state index in [1.165, 1.54) is 6.26 Å². The van der Waals surface area contributed by atoms with Gasteiger partial charge in [0.05, 0.1) is 11.8 Å². The monoisotopic (exact) mass is 238 g/mol. The normalized spacial score (nSPS) is 10.4. The van der Waals surface area contributed by atoms with Gasteiger partial charge in [0.2, 0.25) is 5.89 Å². The Kier molecular flexibility index (Phi) is 2.53. The van der Waals surface area contributed by atoms with Crippen molar-refractivity contribution < 1.29 is 9.52 Å². The van der Waals surface area contributed by atoms with Gasteiger partial charge in [0.1, 0.15) is 12.0 Å². The van der Waals surface area contributed by atoms with Gasteiger partial charge in [0.25, 0.3) is 0 Å². The molecule has 18 heavy (non-hydrogen) atoms. The minimum Gasteiger partial charge on any atom is -0.508 e. The van der Waals surface area contributed by atoms with Crippen molar-refractivity contribution >= 4 is 0 Å². The third kappa shape index (κ3) is 1.96. The van der Waals surface area contributed by atoms with Crippen molar-refractivity contribution in [1.29, 1.82) is 0 Å². The fraction of sp³-hybridized carbons (Fsp3) is 0. The quantitative estimate of drug-likeness (QED) is 0.745. The van der Waals surface area contributed by atoms with Gasteiger partial charge in [0, 0.05) is 18.0 Å². The third-order valence-corrected chi connectivity index (χ3v) is 2.60. The number of benzene rings is 1. The Balaban J connectivity index is 2.06. The molecule has 3 rings (SSSR count). The van der Waals surface area contributed by atoms with Gasteiger partial charge in [0.15, 0.2) is 0 Å². The number of phenolic OH excluding ortho intramolecular Hbond substituents is 1. The molecule has 0 fully saturated rings. The molecule has 1 aromatic carbocycles. The minimum absolute atomic E-state index is 0.231. The second-order valence-electron chi connectivity index (χ2n) is 3.85. The molecule has 4 nitrogen and oxygen atoms in total. The van der Waals surface area contributed by atoms with Crippen molar-refractivity contribution in [3.63, 3.8) is 0 Å². The Bertz CT molecular complexity index is 663. The molecule has 4 heteroatoms. The summed E-state index contributed by atoms with van der Waals surface area (Å²) in [4.78, 5) is 8.25. The number of aromatic nitrogens is 2. The van der Waals surface area contributed by atoms with Crippen LogP contribution in [-0.4, -0.2) is 15.1 Å². The summed E-state index contributed by atoms with van der Waals surface area (Å²) in [6.07, 6.45) is 6.55. The van der Waals surface area contributed by atoms with Crippen LogP contribution in [0, 0.1) is 0 Å². The molecule has 2 aromatic heterocycles. The number of pyridine rings is 1. The van der Waals surface area contributed by atoms with E-state index in [0.29, 0.717) is 5.89 Å². The van der Waals surface area contributed by atoms with Crippen molar-refractivity contribution in [3.8, 4) is 28.3 Å². The predicted octanol–water partition coefficient (Wildman–Crippen LogP) is 3.11. The molecule has 0 bridgehead atoms. The molecule has 0 radical (unpaired) electrons. The van der Waals surface area contributed by atoms with E-state index in [1.54, 1.807) is 36.8 Å². The van der Waals surface area contributed by atoms with Crippen molar-refractivity contribution in [1.82, 2.24) is 9.97 Å². The van der Waals surface area contributed by atoms with E-state index in [4.69, 9.17) is 4.42 Å². The van der Waals surface area contributed by atoms with Gasteiger partial charge in [-0.25, -0.2) is 4.98 Å². The van der Waals surface area contributed by atoms with E-state index in [2.05, 4.69) is 9.97 Å². The Morgan fingerprint density at radius 2 is 1.89 bits per heavy atom. The molecule has 3 aromatic rings. The number of nitrogens with zero attached hydrogens (tertiary/aromatic N) is 2. The van der Waals surface area contributed by atoms with Crippen LogP contribution in [0.5, 0.6) is 5.75 Å². The Hall–Kier alpha value is -2.62. The maximum atomic E-state index is 9.48. The zero-order valence-electron chi connectivity index (χ0n) is 9.45. The lowest BCUT2D eigenvalue weighted by Gasteiger charge is -2.03. The first-order valence-electron chi connectivity index (χ1n) is 5.47. The zero-order valence-corrected chi connectivity index (χ0v) is 9.45. The molecule has 1 N–H and O–H groups in total. The van der Waals surface area contributed by atoms with Crippen LogP contribution < -0.4 is 0 Å². The maximum Gasteiger partial charge on any atom is 0.227 e. The number of hydrogen-bond acceptors (Lipinski definition) is 4.